The van der Waals surface area contributed by atoms with Gasteiger partial charge in [0.05, 0.1) is 6.61 Å². The molecule has 0 saturated heterocycles. The fourth-order valence-electron chi connectivity index (χ4n) is 0.318. The lowest BCUT2D eigenvalue weighted by molar-refractivity contribution is -0.119. The lowest BCUT2D eigenvalue weighted by Crippen LogP contribution is -2.27. The third kappa shape index (κ3) is 7.85. The third-order valence-corrected chi connectivity index (χ3v) is 1.72. The Morgan fingerprint density at radius 2 is 1.89 bits per heavy atom. The molecular weight excluding hydrogens is 132 g/mol. The lowest BCUT2D eigenvalue weighted by atomic mass is 10.5. The van der Waals surface area contributed by atoms with E-state index in [0.29, 0.717) is 0 Å². The van der Waals surface area contributed by atoms with Crippen molar-refractivity contribution in [3.05, 3.63) is 0 Å². The van der Waals surface area contributed by atoms with E-state index in [0.717, 1.165) is 0 Å². The van der Waals surface area contributed by atoms with Gasteiger partial charge >= 0.3 is 0 Å². The third-order valence-electron chi connectivity index (χ3n) is 0.708. The lowest BCUT2D eigenvalue weighted by Gasteiger charge is -2.14. The van der Waals surface area contributed by atoms with E-state index in [4.69, 9.17) is 4.43 Å². The molecule has 0 aromatic heterocycles. The maximum absolute atomic E-state index is 10.4. The van der Waals surface area contributed by atoms with Crippen LogP contribution in [0.2, 0.25) is 19.6 Å². The summed E-state index contributed by atoms with van der Waals surface area (Å²) in [5.74, 6) is 0.109. The Labute approximate surface area is 57.3 Å². The predicted molar refractivity (Wildman–Crippen MR) is 40.0 cm³/mol. The van der Waals surface area contributed by atoms with E-state index < -0.39 is 8.32 Å². The van der Waals surface area contributed by atoms with E-state index in [-0.39, 0.29) is 12.4 Å². The van der Waals surface area contributed by atoms with Crippen molar-refractivity contribution in [1.82, 2.24) is 0 Å². The summed E-state index contributed by atoms with van der Waals surface area (Å²) in [4.78, 5) is 10.4. The van der Waals surface area contributed by atoms with E-state index in [1.54, 1.807) is 6.92 Å². The standard InChI is InChI=1S/C6H14O2Si/c1-6(7)5-8-9(2,3)4/h5H2,1-4H3. The van der Waals surface area contributed by atoms with Crippen molar-refractivity contribution in [2.45, 2.75) is 26.6 Å². The van der Waals surface area contributed by atoms with Crippen LogP contribution in [-0.4, -0.2) is 20.7 Å². The number of carbonyl (C=O) groups is 1. The van der Waals surface area contributed by atoms with Gasteiger partial charge in [0.1, 0.15) is 0 Å². The topological polar surface area (TPSA) is 26.3 Å². The number of hydrogen-bond acceptors (Lipinski definition) is 2. The summed E-state index contributed by atoms with van der Waals surface area (Å²) in [6.07, 6.45) is 0. The number of carbonyl (C=O) groups excluding carboxylic acids is 1. The molecule has 0 aromatic carbocycles. The highest BCUT2D eigenvalue weighted by atomic mass is 28.4. The van der Waals surface area contributed by atoms with Gasteiger partial charge in [-0.1, -0.05) is 0 Å². The van der Waals surface area contributed by atoms with Gasteiger partial charge in [0.2, 0.25) is 0 Å². The number of hydrogen-bond donors (Lipinski definition) is 0. The highest BCUT2D eigenvalue weighted by molar-refractivity contribution is 6.69. The van der Waals surface area contributed by atoms with Gasteiger partial charge in [-0.15, -0.1) is 0 Å². The van der Waals surface area contributed by atoms with Gasteiger partial charge in [0.25, 0.3) is 0 Å². The molecule has 0 aromatic rings. The first-order chi connectivity index (χ1) is 3.92. The summed E-state index contributed by atoms with van der Waals surface area (Å²) >= 11 is 0. The molecule has 0 bridgehead atoms. The van der Waals surface area contributed by atoms with Gasteiger partial charge in [-0.25, -0.2) is 0 Å². The summed E-state index contributed by atoms with van der Waals surface area (Å²) in [5.41, 5.74) is 0. The van der Waals surface area contributed by atoms with Crippen LogP contribution in [-0.2, 0) is 9.22 Å². The van der Waals surface area contributed by atoms with Crippen molar-refractivity contribution in [1.29, 1.82) is 0 Å². The molecule has 0 N–H and O–H groups in total. The summed E-state index contributed by atoms with van der Waals surface area (Å²) < 4.78 is 5.28. The second-order valence-corrected chi connectivity index (χ2v) is 7.62. The molecule has 0 rings (SSSR count). The Kier molecular flexibility index (Phi) is 3.07. The van der Waals surface area contributed by atoms with Crippen molar-refractivity contribution < 1.29 is 9.22 Å². The van der Waals surface area contributed by atoms with Crippen LogP contribution in [0.25, 0.3) is 0 Å². The van der Waals surface area contributed by atoms with Crippen molar-refractivity contribution in [3.8, 4) is 0 Å². The zero-order valence-corrected chi connectivity index (χ0v) is 7.52. The van der Waals surface area contributed by atoms with Crippen LogP contribution < -0.4 is 0 Å². The normalized spacial score (nSPS) is 11.6. The number of ketones is 1. The average Bonchev–Trinajstić information content (AvgIpc) is 1.59. The van der Waals surface area contributed by atoms with Crippen LogP contribution in [0.4, 0.5) is 0 Å². The first-order valence-electron chi connectivity index (χ1n) is 3.05. The minimum Gasteiger partial charge on any atom is -0.410 e. The fourth-order valence-corrected chi connectivity index (χ4v) is 0.954. The van der Waals surface area contributed by atoms with Gasteiger partial charge in [-0.05, 0) is 26.6 Å². The van der Waals surface area contributed by atoms with Gasteiger partial charge < -0.3 is 4.43 Å². The minimum absolute atomic E-state index is 0.109. The van der Waals surface area contributed by atoms with Crippen LogP contribution in [0.3, 0.4) is 0 Å². The van der Waals surface area contributed by atoms with Gasteiger partial charge in [-0.3, -0.25) is 4.79 Å². The zero-order valence-electron chi connectivity index (χ0n) is 6.52. The van der Waals surface area contributed by atoms with E-state index in [1.165, 1.54) is 0 Å². The van der Waals surface area contributed by atoms with Crippen LogP contribution >= 0.6 is 0 Å². The number of Topliss-reactive ketones (excluding diaryl/α,β-unsaturated/α-hetero) is 1. The van der Waals surface area contributed by atoms with Crippen LogP contribution in [0.1, 0.15) is 6.92 Å². The smallest absolute Gasteiger partial charge is 0.184 e. The maximum Gasteiger partial charge on any atom is 0.184 e. The maximum atomic E-state index is 10.4. The summed E-state index contributed by atoms with van der Waals surface area (Å²) in [7, 11) is -1.44. The van der Waals surface area contributed by atoms with Crippen LogP contribution in [0.15, 0.2) is 0 Å². The van der Waals surface area contributed by atoms with E-state index >= 15 is 0 Å². The Hall–Kier alpha value is -0.153. The highest BCUT2D eigenvalue weighted by Gasteiger charge is 2.14. The van der Waals surface area contributed by atoms with Crippen LogP contribution in [0.5, 0.6) is 0 Å². The summed E-state index contributed by atoms with van der Waals surface area (Å²) in [6.45, 7) is 8.03. The van der Waals surface area contributed by atoms with Gasteiger partial charge in [0, 0.05) is 0 Å². The van der Waals surface area contributed by atoms with Crippen LogP contribution in [0, 0.1) is 0 Å². The van der Waals surface area contributed by atoms with E-state index in [2.05, 4.69) is 19.6 Å². The molecular formula is C6H14O2Si. The molecule has 0 atom stereocenters. The number of rotatable bonds is 3. The Morgan fingerprint density at radius 3 is 2.00 bits per heavy atom. The quantitative estimate of drug-likeness (QED) is 0.563. The zero-order chi connectivity index (χ0) is 7.49. The highest BCUT2D eigenvalue weighted by Crippen LogP contribution is 2.01. The molecule has 0 unspecified atom stereocenters. The van der Waals surface area contributed by atoms with Gasteiger partial charge in [-0.2, -0.15) is 0 Å². The van der Waals surface area contributed by atoms with E-state index in [1.807, 2.05) is 0 Å². The molecule has 3 heteroatoms. The molecule has 0 radical (unpaired) electrons. The average molecular weight is 146 g/mol. The predicted octanol–water partition coefficient (Wildman–Crippen LogP) is 1.43. The van der Waals surface area contributed by atoms with E-state index in [9.17, 15) is 4.79 Å². The second kappa shape index (κ2) is 3.13. The molecule has 0 aliphatic carbocycles. The molecule has 0 fully saturated rings. The molecule has 2 nitrogen and oxygen atoms in total. The molecule has 0 amide bonds. The SMILES string of the molecule is CC(=O)CO[Si](C)(C)C. The molecule has 0 aliphatic heterocycles. The molecule has 0 saturated carbocycles. The summed E-state index contributed by atoms with van der Waals surface area (Å²) in [5, 5.41) is 0. The second-order valence-electron chi connectivity index (χ2n) is 3.10. The van der Waals surface area contributed by atoms with Crippen molar-refractivity contribution >= 4 is 14.1 Å². The Bertz CT molecular complexity index is 104. The van der Waals surface area contributed by atoms with Gasteiger partial charge in [0.15, 0.2) is 14.1 Å². The van der Waals surface area contributed by atoms with Crippen molar-refractivity contribution in [2.24, 2.45) is 0 Å². The molecule has 0 spiro atoms. The monoisotopic (exact) mass is 146 g/mol. The van der Waals surface area contributed by atoms with Crippen molar-refractivity contribution in [2.75, 3.05) is 6.61 Å². The molecule has 54 valence electrons. The molecule has 9 heavy (non-hydrogen) atoms. The Balaban J connectivity index is 3.39. The molecule has 0 aliphatic rings. The largest absolute Gasteiger partial charge is 0.410 e. The first-order valence-corrected chi connectivity index (χ1v) is 6.46. The molecule has 0 heterocycles. The van der Waals surface area contributed by atoms with Crippen molar-refractivity contribution in [3.63, 3.8) is 0 Å². The Morgan fingerprint density at radius 1 is 1.44 bits per heavy atom. The first kappa shape index (κ1) is 8.85. The fraction of sp³-hybridized carbons (Fsp3) is 0.833. The summed E-state index contributed by atoms with van der Waals surface area (Å²) in [6, 6.07) is 0. The minimum atomic E-state index is -1.44.